The van der Waals surface area contributed by atoms with Crippen molar-refractivity contribution in [2.24, 2.45) is 0 Å². The number of rotatable bonds is 4. The second-order valence-corrected chi connectivity index (χ2v) is 4.00. The van der Waals surface area contributed by atoms with Crippen LogP contribution < -0.4 is 21.5 Å². The zero-order chi connectivity index (χ0) is 20.6. The van der Waals surface area contributed by atoms with E-state index in [1.165, 1.54) is 6.92 Å². The summed E-state index contributed by atoms with van der Waals surface area (Å²) in [5, 5.41) is 67.7. The number of aliphatic hydroxyl groups is 4. The molecule has 0 aromatic carbocycles. The summed E-state index contributed by atoms with van der Waals surface area (Å²) in [6.07, 6.45) is -5.26. The molecule has 0 spiro atoms. The Labute approximate surface area is 160 Å². The number of carbonyl (C=O) groups is 4. The van der Waals surface area contributed by atoms with Crippen molar-refractivity contribution in [2.75, 3.05) is 0 Å². The van der Waals surface area contributed by atoms with Crippen LogP contribution >= 0.6 is 0 Å². The van der Waals surface area contributed by atoms with E-state index in [1.807, 2.05) is 0 Å². The fourth-order valence-electron chi connectivity index (χ4n) is 0. The average Bonchev–Trinajstić information content (AvgIpc) is 2.40. The summed E-state index contributed by atoms with van der Waals surface area (Å²) in [7, 11) is 0. The molecule has 14 heteroatoms. The molecule has 0 radical (unpaired) electrons. The third-order valence-electron chi connectivity index (χ3n) is 1.38. The topological polar surface area (TPSA) is 274 Å². The van der Waals surface area contributed by atoms with Gasteiger partial charge in [-0.2, -0.15) is 0 Å². The van der Waals surface area contributed by atoms with Crippen LogP contribution in [0.25, 0.3) is 0 Å². The van der Waals surface area contributed by atoms with Crippen LogP contribution in [0.5, 0.6) is 0 Å². The molecule has 0 amide bonds. The van der Waals surface area contributed by atoms with Crippen LogP contribution in [0.3, 0.4) is 0 Å². The third-order valence-corrected chi connectivity index (χ3v) is 1.38. The normalized spacial score (nSPS) is 12.6. The van der Waals surface area contributed by atoms with E-state index in [0.717, 1.165) is 20.8 Å². The second kappa shape index (κ2) is 23.2. The molecular weight excluding hydrogens is 377 g/mol. The average molecular weight is 401 g/mol. The first-order chi connectivity index (χ1) is 10.6. The van der Waals surface area contributed by atoms with Crippen molar-refractivity contribution in [3.63, 3.8) is 0 Å². The summed E-state index contributed by atoms with van der Waals surface area (Å²) in [6, 6.07) is 0. The Kier molecular flexibility index (Phi) is 35.1. The molecule has 0 aliphatic carbocycles. The Morgan fingerprint density at radius 3 is 0.692 bits per heavy atom. The summed E-state index contributed by atoms with van der Waals surface area (Å²) in [5.74, 6) is -5.49. The molecule has 0 aliphatic heterocycles. The van der Waals surface area contributed by atoms with Gasteiger partial charge in [-0.05, 0) is 27.7 Å². The van der Waals surface area contributed by atoms with Gasteiger partial charge in [-0.3, -0.25) is 0 Å². The zero-order valence-electron chi connectivity index (χ0n) is 14.7. The molecule has 152 valence electrons. The molecule has 0 rings (SSSR count). The molecule has 0 bridgehead atoms. The first-order valence-electron chi connectivity index (χ1n) is 6.15. The van der Waals surface area contributed by atoms with Crippen LogP contribution in [-0.2, 0) is 19.2 Å². The van der Waals surface area contributed by atoms with Crippen LogP contribution in [0.4, 0.5) is 0 Å². The van der Waals surface area contributed by atoms with Crippen LogP contribution in [0.1, 0.15) is 27.7 Å². The number of hydrogen-bond acceptors (Lipinski definition) is 12. The molecule has 0 aromatic rings. The summed E-state index contributed by atoms with van der Waals surface area (Å²) in [4.78, 5) is 37.5. The van der Waals surface area contributed by atoms with Crippen LogP contribution in [0.2, 0.25) is 0 Å². The minimum absolute atomic E-state index is 0. The Balaban J connectivity index is -0.0000000500. The maximum atomic E-state index is 9.45. The van der Waals surface area contributed by atoms with Crippen molar-refractivity contribution >= 4 is 41.2 Å². The number of aliphatic hydroxyl groups excluding tert-OH is 4. The molecule has 0 aliphatic rings. The Morgan fingerprint density at radius 2 is 0.692 bits per heavy atom. The van der Waals surface area contributed by atoms with Gasteiger partial charge in [0, 0.05) is 0 Å². The van der Waals surface area contributed by atoms with Gasteiger partial charge in [0.05, 0.1) is 36.2 Å². The van der Waals surface area contributed by atoms with E-state index >= 15 is 0 Å². The fourth-order valence-corrected chi connectivity index (χ4v) is 0. The Hall–Kier alpha value is -1.79. The molecule has 0 aromatic heterocycles. The predicted molar refractivity (Wildman–Crippen MR) is 80.2 cm³/mol. The molecule has 0 saturated heterocycles. The van der Waals surface area contributed by atoms with Crippen LogP contribution in [0.15, 0.2) is 0 Å². The van der Waals surface area contributed by atoms with E-state index in [0.29, 0.717) is 0 Å². The third kappa shape index (κ3) is 49.5. The van der Waals surface area contributed by atoms with Gasteiger partial charge in [0.15, 0.2) is 0 Å². The largest absolute Gasteiger partial charge is 3.00 e. The Morgan fingerprint density at radius 1 is 0.615 bits per heavy atom. The van der Waals surface area contributed by atoms with Gasteiger partial charge in [0.25, 0.3) is 0 Å². The van der Waals surface area contributed by atoms with Gasteiger partial charge >= 0.3 is 23.3 Å². The quantitative estimate of drug-likeness (QED) is 0.239. The summed E-state index contributed by atoms with van der Waals surface area (Å²) in [5.41, 5.74) is 0. The van der Waals surface area contributed by atoms with E-state index in [9.17, 15) is 34.5 Å². The van der Waals surface area contributed by atoms with Crippen molar-refractivity contribution in [2.45, 2.75) is 52.1 Å². The molecule has 4 unspecified atom stereocenters. The number of carboxylic acids is 4. The monoisotopic (exact) mass is 401 g/mol. The maximum Gasteiger partial charge on any atom is 3.00 e. The molecule has 0 saturated carbocycles. The molecule has 0 heterocycles. The van der Waals surface area contributed by atoms with E-state index in [4.69, 9.17) is 25.5 Å². The van der Waals surface area contributed by atoms with Crippen molar-refractivity contribution in [3.8, 4) is 0 Å². The number of aliphatic carboxylic acids is 4. The number of hydrogen-bond donors (Lipinski definition) is 6. The summed E-state index contributed by atoms with van der Waals surface area (Å²) >= 11 is 0. The standard InChI is InChI=1S/4C3H6O3.Al.H3N/c4*1-2(4)3(5)6;;/h4*2,4H,1H3,(H,5,6);;1H3/q;;;;+3;/p-3. The van der Waals surface area contributed by atoms with E-state index in [1.54, 1.807) is 0 Å². The van der Waals surface area contributed by atoms with Crippen molar-refractivity contribution < 1.29 is 60.0 Å². The van der Waals surface area contributed by atoms with E-state index in [-0.39, 0.29) is 23.5 Å². The van der Waals surface area contributed by atoms with E-state index in [2.05, 4.69) is 0 Å². The predicted octanol–water partition coefficient (Wildman–Crippen LogP) is -6.42. The SMILES string of the molecule is CC(O)C(=O)O.CC(O)C(=O)[O-].CC(O)C(=O)[O-].CC(O)C(=O)[O-].N.[Al+3]. The van der Waals surface area contributed by atoms with Gasteiger partial charge < -0.3 is 61.4 Å². The van der Waals surface area contributed by atoms with Crippen LogP contribution in [-0.4, -0.2) is 91.2 Å². The van der Waals surface area contributed by atoms with Crippen molar-refractivity contribution in [3.05, 3.63) is 0 Å². The minimum Gasteiger partial charge on any atom is -0.547 e. The molecule has 26 heavy (non-hydrogen) atoms. The van der Waals surface area contributed by atoms with Gasteiger partial charge in [0.1, 0.15) is 6.10 Å². The van der Waals surface area contributed by atoms with E-state index < -0.39 is 48.3 Å². The minimum atomic E-state index is -1.44. The van der Waals surface area contributed by atoms with Gasteiger partial charge in [-0.1, -0.05) is 0 Å². The fraction of sp³-hybridized carbons (Fsp3) is 0.667. The maximum absolute atomic E-state index is 9.45. The first kappa shape index (κ1) is 39.3. The van der Waals surface area contributed by atoms with Gasteiger partial charge in [-0.25, -0.2) is 4.79 Å². The summed E-state index contributed by atoms with van der Waals surface area (Å²) in [6.45, 7) is 4.60. The van der Waals surface area contributed by atoms with Gasteiger partial charge in [0.2, 0.25) is 0 Å². The second-order valence-electron chi connectivity index (χ2n) is 4.00. The molecule has 13 nitrogen and oxygen atoms in total. The molecule has 4 atom stereocenters. The zero-order valence-corrected chi connectivity index (χ0v) is 15.8. The smallest absolute Gasteiger partial charge is 0.547 e. The van der Waals surface area contributed by atoms with Crippen LogP contribution in [0, 0.1) is 0 Å². The molecular formula is C12H24AlNO12. The molecule has 8 N–H and O–H groups in total. The van der Waals surface area contributed by atoms with Gasteiger partial charge in [-0.15, -0.1) is 0 Å². The van der Waals surface area contributed by atoms with Crippen molar-refractivity contribution in [1.29, 1.82) is 0 Å². The number of carboxylic acid groups (broad SMARTS) is 4. The van der Waals surface area contributed by atoms with Crippen molar-refractivity contribution in [1.82, 2.24) is 6.15 Å². The number of carbonyl (C=O) groups excluding carboxylic acids is 3. The Bertz CT molecular complexity index is 312. The first-order valence-corrected chi connectivity index (χ1v) is 6.15. The summed E-state index contributed by atoms with van der Waals surface area (Å²) < 4.78 is 0. The molecule has 0 fully saturated rings.